The zero-order valence-electron chi connectivity index (χ0n) is 9.97. The van der Waals surface area contributed by atoms with E-state index in [1.165, 1.54) is 7.11 Å². The van der Waals surface area contributed by atoms with E-state index in [1.807, 2.05) is 35.1 Å². The number of aromatic nitrogens is 2. The molecule has 1 aromatic carbocycles. The molecule has 94 valence electrons. The van der Waals surface area contributed by atoms with Gasteiger partial charge in [0, 0.05) is 6.20 Å². The zero-order valence-corrected chi connectivity index (χ0v) is 11.6. The summed E-state index contributed by atoms with van der Waals surface area (Å²) < 4.78 is 7.43. The van der Waals surface area contributed by atoms with E-state index in [4.69, 9.17) is 0 Å². The van der Waals surface area contributed by atoms with Crippen LogP contribution in [0, 0.1) is 0 Å². The van der Waals surface area contributed by atoms with Crippen molar-refractivity contribution in [3.63, 3.8) is 0 Å². The Bertz CT molecular complexity index is 534. The summed E-state index contributed by atoms with van der Waals surface area (Å²) in [7, 11) is 1.40. The van der Waals surface area contributed by atoms with Crippen LogP contribution in [-0.4, -0.2) is 22.9 Å². The number of nitrogens with zero attached hydrogens (tertiary/aromatic N) is 2. The van der Waals surface area contributed by atoms with Gasteiger partial charge in [-0.15, -0.1) is 0 Å². The number of halogens is 1. The third-order valence-corrected chi connectivity index (χ3v) is 2.95. The van der Waals surface area contributed by atoms with Crippen molar-refractivity contribution in [3.05, 3.63) is 52.3 Å². The van der Waals surface area contributed by atoms with E-state index in [9.17, 15) is 4.79 Å². The van der Waals surface area contributed by atoms with Gasteiger partial charge in [0.2, 0.25) is 0 Å². The molecule has 5 heteroatoms. The van der Waals surface area contributed by atoms with Gasteiger partial charge in [-0.25, -0.2) is 0 Å². The van der Waals surface area contributed by atoms with Crippen molar-refractivity contribution < 1.29 is 9.53 Å². The average Bonchev–Trinajstić information content (AvgIpc) is 2.77. The molecule has 0 bridgehead atoms. The largest absolute Gasteiger partial charge is 0.469 e. The quantitative estimate of drug-likeness (QED) is 0.815. The molecule has 1 aromatic heterocycles. The first-order valence-electron chi connectivity index (χ1n) is 5.50. The average molecular weight is 309 g/mol. The molecule has 0 aliphatic rings. The smallest absolute Gasteiger partial charge is 0.309 e. The first kappa shape index (κ1) is 12.8. The van der Waals surface area contributed by atoms with Gasteiger partial charge in [0.1, 0.15) is 0 Å². The molecule has 0 aliphatic heterocycles. The van der Waals surface area contributed by atoms with E-state index in [1.54, 1.807) is 6.20 Å². The van der Waals surface area contributed by atoms with Crippen molar-refractivity contribution in [2.75, 3.05) is 7.11 Å². The maximum absolute atomic E-state index is 11.1. The monoisotopic (exact) mass is 308 g/mol. The normalized spacial score (nSPS) is 10.3. The van der Waals surface area contributed by atoms with Crippen LogP contribution in [-0.2, 0) is 22.5 Å². The summed E-state index contributed by atoms with van der Waals surface area (Å²) in [5.41, 5.74) is 2.09. The molecule has 0 atom stereocenters. The summed E-state index contributed by atoms with van der Waals surface area (Å²) in [5, 5.41) is 4.19. The number of hydrogen-bond donors (Lipinski definition) is 0. The zero-order chi connectivity index (χ0) is 13.0. The number of hydrogen-bond acceptors (Lipinski definition) is 3. The van der Waals surface area contributed by atoms with E-state index >= 15 is 0 Å². The van der Waals surface area contributed by atoms with E-state index in [2.05, 4.69) is 25.8 Å². The predicted octanol–water partition coefficient (Wildman–Crippen LogP) is 2.41. The van der Waals surface area contributed by atoms with Crippen LogP contribution in [0.15, 0.2) is 41.1 Å². The highest BCUT2D eigenvalue weighted by molar-refractivity contribution is 9.10. The van der Waals surface area contributed by atoms with Crippen LogP contribution in [0.4, 0.5) is 0 Å². The highest BCUT2D eigenvalue weighted by Gasteiger charge is 2.03. The molecule has 4 nitrogen and oxygen atoms in total. The fraction of sp³-hybridized carbons (Fsp3) is 0.231. The van der Waals surface area contributed by atoms with Gasteiger partial charge >= 0.3 is 5.97 Å². The predicted molar refractivity (Wildman–Crippen MR) is 71.2 cm³/mol. The van der Waals surface area contributed by atoms with Crippen LogP contribution in [0.3, 0.4) is 0 Å². The van der Waals surface area contributed by atoms with Crippen LogP contribution in [0.2, 0.25) is 0 Å². The van der Waals surface area contributed by atoms with Gasteiger partial charge in [-0.2, -0.15) is 5.10 Å². The lowest BCUT2D eigenvalue weighted by atomic mass is 10.1. The summed E-state index contributed by atoms with van der Waals surface area (Å²) >= 11 is 3.36. The minimum absolute atomic E-state index is 0.223. The van der Waals surface area contributed by atoms with E-state index in [0.29, 0.717) is 13.0 Å². The molecule has 0 N–H and O–H groups in total. The van der Waals surface area contributed by atoms with Crippen LogP contribution in [0.25, 0.3) is 0 Å². The number of benzene rings is 1. The maximum Gasteiger partial charge on any atom is 0.309 e. The van der Waals surface area contributed by atoms with Gasteiger partial charge in [0.15, 0.2) is 0 Å². The fourth-order valence-electron chi connectivity index (χ4n) is 1.61. The van der Waals surface area contributed by atoms with Crippen LogP contribution < -0.4 is 0 Å². The minimum atomic E-state index is -0.223. The Kier molecular flexibility index (Phi) is 4.15. The SMILES string of the molecule is COC(=O)Cc1ccc(Cn2cc(Br)cn2)cc1. The topological polar surface area (TPSA) is 44.1 Å². The molecule has 0 unspecified atom stereocenters. The van der Waals surface area contributed by atoms with Gasteiger partial charge < -0.3 is 4.74 Å². The Labute approximate surface area is 114 Å². The number of methoxy groups -OCH3 is 1. The van der Waals surface area contributed by atoms with Crippen molar-refractivity contribution in [2.45, 2.75) is 13.0 Å². The Morgan fingerprint density at radius 3 is 2.56 bits per heavy atom. The van der Waals surface area contributed by atoms with Crippen molar-refractivity contribution >= 4 is 21.9 Å². The van der Waals surface area contributed by atoms with Crippen LogP contribution in [0.1, 0.15) is 11.1 Å². The maximum atomic E-state index is 11.1. The molecule has 0 fully saturated rings. The van der Waals surface area contributed by atoms with Crippen molar-refractivity contribution in [2.24, 2.45) is 0 Å². The summed E-state index contributed by atoms with van der Waals surface area (Å²) in [6, 6.07) is 7.86. The van der Waals surface area contributed by atoms with Gasteiger partial charge in [0.25, 0.3) is 0 Å². The van der Waals surface area contributed by atoms with Crippen LogP contribution in [0.5, 0.6) is 0 Å². The molecule has 2 aromatic rings. The lowest BCUT2D eigenvalue weighted by Crippen LogP contribution is -2.05. The van der Waals surface area contributed by atoms with Gasteiger partial charge in [0.05, 0.1) is 30.7 Å². The number of carbonyl (C=O) groups is 1. The molecule has 18 heavy (non-hydrogen) atoms. The third-order valence-electron chi connectivity index (χ3n) is 2.55. The Morgan fingerprint density at radius 2 is 2.00 bits per heavy atom. The number of rotatable bonds is 4. The lowest BCUT2D eigenvalue weighted by Gasteiger charge is -2.04. The van der Waals surface area contributed by atoms with Crippen molar-refractivity contribution in [1.29, 1.82) is 0 Å². The molecular weight excluding hydrogens is 296 g/mol. The summed E-state index contributed by atoms with van der Waals surface area (Å²) in [5.74, 6) is -0.223. The second kappa shape index (κ2) is 5.82. The molecule has 0 saturated heterocycles. The molecule has 0 spiro atoms. The first-order valence-corrected chi connectivity index (χ1v) is 6.29. The molecule has 0 amide bonds. The molecule has 0 radical (unpaired) electrons. The number of carbonyl (C=O) groups excluding carboxylic acids is 1. The molecule has 0 aliphatic carbocycles. The third kappa shape index (κ3) is 3.43. The Hall–Kier alpha value is -1.62. The Balaban J connectivity index is 2.01. The minimum Gasteiger partial charge on any atom is -0.469 e. The summed E-state index contributed by atoms with van der Waals surface area (Å²) in [6.45, 7) is 0.712. The van der Waals surface area contributed by atoms with E-state index in [-0.39, 0.29) is 5.97 Å². The molecule has 1 heterocycles. The molecular formula is C13H13BrN2O2. The standard InChI is InChI=1S/C13H13BrN2O2/c1-18-13(17)6-10-2-4-11(5-3-10)8-16-9-12(14)7-15-16/h2-5,7,9H,6,8H2,1H3. The fourth-order valence-corrected chi connectivity index (χ4v) is 1.94. The molecule has 0 saturated carbocycles. The highest BCUT2D eigenvalue weighted by atomic mass is 79.9. The Morgan fingerprint density at radius 1 is 1.33 bits per heavy atom. The number of ether oxygens (including phenoxy) is 1. The lowest BCUT2D eigenvalue weighted by molar-refractivity contribution is -0.139. The summed E-state index contributed by atoms with van der Waals surface area (Å²) in [4.78, 5) is 11.1. The second-order valence-electron chi connectivity index (χ2n) is 3.93. The van der Waals surface area contributed by atoms with Crippen molar-refractivity contribution in [1.82, 2.24) is 9.78 Å². The van der Waals surface area contributed by atoms with E-state index in [0.717, 1.165) is 15.6 Å². The van der Waals surface area contributed by atoms with Crippen LogP contribution >= 0.6 is 15.9 Å². The van der Waals surface area contributed by atoms with Gasteiger partial charge in [-0.05, 0) is 27.1 Å². The second-order valence-corrected chi connectivity index (χ2v) is 4.84. The van der Waals surface area contributed by atoms with Crippen molar-refractivity contribution in [3.8, 4) is 0 Å². The summed E-state index contributed by atoms with van der Waals surface area (Å²) in [6.07, 6.45) is 3.98. The van der Waals surface area contributed by atoms with Gasteiger partial charge in [-0.1, -0.05) is 24.3 Å². The molecule has 2 rings (SSSR count). The number of esters is 1. The van der Waals surface area contributed by atoms with Gasteiger partial charge in [-0.3, -0.25) is 9.48 Å². The van der Waals surface area contributed by atoms with E-state index < -0.39 is 0 Å². The first-order chi connectivity index (χ1) is 8.67. The highest BCUT2D eigenvalue weighted by Crippen LogP contribution is 2.10.